The van der Waals surface area contributed by atoms with E-state index in [1.54, 1.807) is 19.2 Å². The molecule has 0 bridgehead atoms. The van der Waals surface area contributed by atoms with Crippen molar-refractivity contribution in [2.45, 2.75) is 13.3 Å². The second-order valence-corrected chi connectivity index (χ2v) is 3.36. The van der Waals surface area contributed by atoms with Gasteiger partial charge in [0.15, 0.2) is 0 Å². The van der Waals surface area contributed by atoms with Crippen molar-refractivity contribution >= 4 is 23.2 Å². The second-order valence-electron chi connectivity index (χ2n) is 2.93. The molecule has 1 rings (SSSR count). The van der Waals surface area contributed by atoms with Crippen LogP contribution in [-0.2, 0) is 4.79 Å². The maximum absolute atomic E-state index is 11.2. The molecule has 14 heavy (non-hydrogen) atoms. The van der Waals surface area contributed by atoms with E-state index in [-0.39, 0.29) is 5.91 Å². The van der Waals surface area contributed by atoms with Gasteiger partial charge in [-0.25, -0.2) is 0 Å². The monoisotopic (exact) mass is 212 g/mol. The third-order valence-corrected chi connectivity index (χ3v) is 2.03. The highest BCUT2D eigenvalue weighted by Gasteiger charge is 2.04. The number of hydrogen-bond acceptors (Lipinski definition) is 2. The minimum absolute atomic E-state index is 0.0324. The van der Waals surface area contributed by atoms with Crippen molar-refractivity contribution in [2.75, 3.05) is 12.5 Å². The molecule has 76 valence electrons. The van der Waals surface area contributed by atoms with E-state index in [9.17, 15) is 4.79 Å². The van der Waals surface area contributed by atoms with Crippen molar-refractivity contribution in [3.63, 3.8) is 0 Å². The van der Waals surface area contributed by atoms with Crippen LogP contribution >= 0.6 is 11.6 Å². The molecule has 4 heteroatoms. The lowest BCUT2D eigenvalue weighted by atomic mass is 10.3. The lowest BCUT2D eigenvalue weighted by Gasteiger charge is -2.18. The third-order valence-electron chi connectivity index (χ3n) is 1.80. The summed E-state index contributed by atoms with van der Waals surface area (Å²) < 4.78 is 0. The highest BCUT2D eigenvalue weighted by atomic mass is 35.5. The molecular formula is C10H13ClN2O. The molecule has 0 unspecified atom stereocenters. The van der Waals surface area contributed by atoms with Gasteiger partial charge in [-0.2, -0.15) is 0 Å². The van der Waals surface area contributed by atoms with E-state index in [0.29, 0.717) is 11.4 Å². The standard InChI is InChI=1S/C10H13ClN2O/c1-3-10(14)13(2)12-9-6-4-5-8(11)7-9/h4-7,12H,3H2,1-2H3. The van der Waals surface area contributed by atoms with Crippen LogP contribution < -0.4 is 5.43 Å². The summed E-state index contributed by atoms with van der Waals surface area (Å²) in [4.78, 5) is 11.2. The molecule has 0 heterocycles. The first kappa shape index (κ1) is 10.9. The Labute approximate surface area is 88.6 Å². The molecule has 0 atom stereocenters. The molecule has 3 nitrogen and oxygen atoms in total. The Balaban J connectivity index is 2.64. The summed E-state index contributed by atoms with van der Waals surface area (Å²) in [7, 11) is 1.69. The number of rotatable bonds is 3. The van der Waals surface area contributed by atoms with Gasteiger partial charge in [0.25, 0.3) is 0 Å². The third kappa shape index (κ3) is 2.92. The smallest absolute Gasteiger partial charge is 0.240 e. The number of nitrogens with zero attached hydrogens (tertiary/aromatic N) is 1. The molecule has 0 spiro atoms. The highest BCUT2D eigenvalue weighted by molar-refractivity contribution is 6.30. The summed E-state index contributed by atoms with van der Waals surface area (Å²) in [6, 6.07) is 7.23. The predicted octanol–water partition coefficient (Wildman–Crippen LogP) is 2.54. The van der Waals surface area contributed by atoms with E-state index in [1.165, 1.54) is 5.01 Å². The van der Waals surface area contributed by atoms with Gasteiger partial charge < -0.3 is 0 Å². The van der Waals surface area contributed by atoms with Crippen LogP contribution in [0.25, 0.3) is 0 Å². The van der Waals surface area contributed by atoms with Gasteiger partial charge in [0, 0.05) is 18.5 Å². The largest absolute Gasteiger partial charge is 0.296 e. The topological polar surface area (TPSA) is 32.3 Å². The van der Waals surface area contributed by atoms with Crippen molar-refractivity contribution in [1.29, 1.82) is 0 Å². The van der Waals surface area contributed by atoms with E-state index in [0.717, 1.165) is 5.69 Å². The number of benzene rings is 1. The van der Waals surface area contributed by atoms with Crippen LogP contribution in [0.15, 0.2) is 24.3 Å². The number of carbonyl (C=O) groups is 1. The molecule has 0 aliphatic rings. The molecule has 0 fully saturated rings. The molecule has 1 amide bonds. The Kier molecular flexibility index (Phi) is 3.77. The van der Waals surface area contributed by atoms with Crippen LogP contribution in [-0.4, -0.2) is 18.0 Å². The van der Waals surface area contributed by atoms with E-state index >= 15 is 0 Å². The van der Waals surface area contributed by atoms with Crippen molar-refractivity contribution in [1.82, 2.24) is 5.01 Å². The van der Waals surface area contributed by atoms with Gasteiger partial charge in [0.1, 0.15) is 0 Å². The van der Waals surface area contributed by atoms with E-state index < -0.39 is 0 Å². The summed E-state index contributed by atoms with van der Waals surface area (Å²) in [5, 5.41) is 2.10. The Morgan fingerprint density at radius 3 is 2.86 bits per heavy atom. The van der Waals surface area contributed by atoms with Crippen LogP contribution in [0.3, 0.4) is 0 Å². The molecule has 1 aromatic carbocycles. The molecule has 0 radical (unpaired) electrons. The van der Waals surface area contributed by atoms with Gasteiger partial charge in [-0.1, -0.05) is 24.6 Å². The summed E-state index contributed by atoms with van der Waals surface area (Å²) in [6.45, 7) is 1.82. The number of anilines is 1. The predicted molar refractivity (Wildman–Crippen MR) is 58.1 cm³/mol. The summed E-state index contributed by atoms with van der Waals surface area (Å²) in [6.07, 6.45) is 0.476. The van der Waals surface area contributed by atoms with Gasteiger partial charge in [0.05, 0.1) is 5.69 Å². The zero-order valence-corrected chi connectivity index (χ0v) is 9.01. The average molecular weight is 213 g/mol. The molecular weight excluding hydrogens is 200 g/mol. The Morgan fingerprint density at radius 2 is 2.29 bits per heavy atom. The Bertz CT molecular complexity index is 328. The van der Waals surface area contributed by atoms with Crippen LogP contribution in [0.2, 0.25) is 5.02 Å². The fourth-order valence-corrected chi connectivity index (χ4v) is 1.24. The van der Waals surface area contributed by atoms with Crippen molar-refractivity contribution in [2.24, 2.45) is 0 Å². The number of carbonyl (C=O) groups excluding carboxylic acids is 1. The summed E-state index contributed by atoms with van der Waals surface area (Å²) >= 11 is 5.80. The molecule has 0 aliphatic heterocycles. The maximum atomic E-state index is 11.2. The van der Waals surface area contributed by atoms with Crippen LogP contribution in [0.1, 0.15) is 13.3 Å². The first-order valence-corrected chi connectivity index (χ1v) is 4.80. The number of hydrazine groups is 1. The quantitative estimate of drug-likeness (QED) is 0.781. The van der Waals surface area contributed by atoms with Crippen molar-refractivity contribution < 1.29 is 4.79 Å². The number of nitrogens with one attached hydrogen (secondary N) is 1. The molecule has 1 N–H and O–H groups in total. The van der Waals surface area contributed by atoms with E-state index in [4.69, 9.17) is 11.6 Å². The zero-order chi connectivity index (χ0) is 10.6. The van der Waals surface area contributed by atoms with Gasteiger partial charge >= 0.3 is 0 Å². The van der Waals surface area contributed by atoms with E-state index in [1.807, 2.05) is 19.1 Å². The lowest BCUT2D eigenvalue weighted by Crippen LogP contribution is -2.31. The van der Waals surface area contributed by atoms with Crippen LogP contribution in [0.4, 0.5) is 5.69 Å². The second kappa shape index (κ2) is 4.86. The average Bonchev–Trinajstić information content (AvgIpc) is 2.16. The normalized spacial score (nSPS) is 9.64. The van der Waals surface area contributed by atoms with Crippen molar-refractivity contribution in [3.8, 4) is 0 Å². The molecule has 0 aliphatic carbocycles. The summed E-state index contributed by atoms with van der Waals surface area (Å²) in [5.41, 5.74) is 3.74. The van der Waals surface area contributed by atoms with Gasteiger partial charge in [-0.05, 0) is 18.2 Å². The molecule has 0 saturated heterocycles. The van der Waals surface area contributed by atoms with Gasteiger partial charge in [0.2, 0.25) is 5.91 Å². The van der Waals surface area contributed by atoms with E-state index in [2.05, 4.69) is 5.43 Å². The Hall–Kier alpha value is -1.22. The highest BCUT2D eigenvalue weighted by Crippen LogP contribution is 2.15. The van der Waals surface area contributed by atoms with Gasteiger partial charge in [-0.3, -0.25) is 15.2 Å². The van der Waals surface area contributed by atoms with Crippen molar-refractivity contribution in [3.05, 3.63) is 29.3 Å². The van der Waals surface area contributed by atoms with Gasteiger partial charge in [-0.15, -0.1) is 0 Å². The van der Waals surface area contributed by atoms with Crippen LogP contribution in [0.5, 0.6) is 0 Å². The summed E-state index contributed by atoms with van der Waals surface area (Å²) in [5.74, 6) is 0.0324. The molecule has 1 aromatic rings. The first-order valence-electron chi connectivity index (χ1n) is 4.42. The number of amides is 1. The minimum atomic E-state index is 0.0324. The minimum Gasteiger partial charge on any atom is -0.296 e. The zero-order valence-electron chi connectivity index (χ0n) is 8.25. The number of halogens is 1. The van der Waals surface area contributed by atoms with Crippen LogP contribution in [0, 0.1) is 0 Å². The maximum Gasteiger partial charge on any atom is 0.240 e. The SMILES string of the molecule is CCC(=O)N(C)Nc1cccc(Cl)c1. The molecule has 0 aromatic heterocycles. The number of hydrogen-bond donors (Lipinski definition) is 1. The fraction of sp³-hybridized carbons (Fsp3) is 0.300. The lowest BCUT2D eigenvalue weighted by molar-refractivity contribution is -0.128. The fourth-order valence-electron chi connectivity index (χ4n) is 1.05. The molecule has 0 saturated carbocycles. The first-order chi connectivity index (χ1) is 6.63. The Morgan fingerprint density at radius 1 is 1.57 bits per heavy atom.